The number of fused-ring (bicyclic) bond motifs is 1. The summed E-state index contributed by atoms with van der Waals surface area (Å²) in [5.41, 5.74) is 0.570. The number of nitrogens with zero attached hydrogens (tertiary/aromatic N) is 4. The van der Waals surface area contributed by atoms with Crippen molar-refractivity contribution in [3.8, 4) is 5.88 Å². The van der Waals surface area contributed by atoms with Crippen molar-refractivity contribution in [1.82, 2.24) is 24.9 Å². The van der Waals surface area contributed by atoms with Gasteiger partial charge in [-0.15, -0.1) is 10.2 Å². The molecule has 2 aromatic rings. The molecule has 1 saturated heterocycles. The van der Waals surface area contributed by atoms with Gasteiger partial charge in [-0.2, -0.15) is 0 Å². The Morgan fingerprint density at radius 3 is 3.16 bits per heavy atom. The maximum absolute atomic E-state index is 12.0. The summed E-state index contributed by atoms with van der Waals surface area (Å²) in [5.74, 6) is 2.45. The van der Waals surface area contributed by atoms with Crippen molar-refractivity contribution in [2.24, 2.45) is 0 Å². The summed E-state index contributed by atoms with van der Waals surface area (Å²) in [6.07, 6.45) is 8.55. The SMILES string of the molecule is CCOc1nccn2c(CNC(=O)CCCCC3CCSS3)nnc12. The summed E-state index contributed by atoms with van der Waals surface area (Å²) in [6.45, 7) is 2.77. The van der Waals surface area contributed by atoms with Crippen molar-refractivity contribution >= 4 is 33.1 Å². The molecule has 3 rings (SSSR count). The van der Waals surface area contributed by atoms with Crippen molar-refractivity contribution in [2.45, 2.75) is 50.8 Å². The van der Waals surface area contributed by atoms with Gasteiger partial charge in [-0.25, -0.2) is 4.98 Å². The summed E-state index contributed by atoms with van der Waals surface area (Å²) in [4.78, 5) is 16.2. The minimum atomic E-state index is 0.0595. The second kappa shape index (κ2) is 9.28. The fourth-order valence-corrected chi connectivity index (χ4v) is 5.73. The van der Waals surface area contributed by atoms with Gasteiger partial charge in [0.2, 0.25) is 11.6 Å². The molecule has 0 radical (unpaired) electrons. The van der Waals surface area contributed by atoms with Crippen LogP contribution in [-0.2, 0) is 11.3 Å². The van der Waals surface area contributed by atoms with Gasteiger partial charge in [-0.1, -0.05) is 28.0 Å². The summed E-state index contributed by atoms with van der Waals surface area (Å²) < 4.78 is 7.24. The fraction of sp³-hybridized carbons (Fsp3) is 0.625. The van der Waals surface area contributed by atoms with Crippen LogP contribution < -0.4 is 10.1 Å². The van der Waals surface area contributed by atoms with E-state index in [2.05, 4.69) is 20.5 Å². The Labute approximate surface area is 155 Å². The van der Waals surface area contributed by atoms with E-state index in [-0.39, 0.29) is 5.91 Å². The first-order valence-electron chi connectivity index (χ1n) is 8.64. The van der Waals surface area contributed by atoms with E-state index in [1.165, 1.54) is 18.6 Å². The van der Waals surface area contributed by atoms with Gasteiger partial charge in [0, 0.05) is 29.8 Å². The Morgan fingerprint density at radius 2 is 2.36 bits per heavy atom. The van der Waals surface area contributed by atoms with Crippen LogP contribution in [0.1, 0.15) is 44.9 Å². The van der Waals surface area contributed by atoms with Gasteiger partial charge in [0.25, 0.3) is 5.88 Å². The number of hydrogen-bond acceptors (Lipinski definition) is 7. The van der Waals surface area contributed by atoms with Crippen LogP contribution in [0.5, 0.6) is 5.88 Å². The number of carbonyl (C=O) groups excluding carboxylic acids is 1. The molecule has 9 heteroatoms. The third kappa shape index (κ3) is 5.01. The highest BCUT2D eigenvalue weighted by molar-refractivity contribution is 8.77. The predicted octanol–water partition coefficient (Wildman–Crippen LogP) is 2.85. The summed E-state index contributed by atoms with van der Waals surface area (Å²) in [6, 6.07) is 0. The van der Waals surface area contributed by atoms with Gasteiger partial charge in [0.05, 0.1) is 13.2 Å². The first-order valence-corrected chi connectivity index (χ1v) is 11.0. The molecular weight excluding hydrogens is 358 g/mol. The van der Waals surface area contributed by atoms with E-state index in [9.17, 15) is 4.79 Å². The first kappa shape index (κ1) is 18.3. The minimum Gasteiger partial charge on any atom is -0.475 e. The van der Waals surface area contributed by atoms with Crippen molar-refractivity contribution in [2.75, 3.05) is 12.4 Å². The van der Waals surface area contributed by atoms with Crippen LogP contribution >= 0.6 is 21.6 Å². The van der Waals surface area contributed by atoms with E-state index in [0.29, 0.717) is 36.9 Å². The highest BCUT2D eigenvalue weighted by Gasteiger charge is 2.16. The number of hydrogen-bond donors (Lipinski definition) is 1. The zero-order valence-corrected chi connectivity index (χ0v) is 15.9. The molecule has 1 unspecified atom stereocenters. The van der Waals surface area contributed by atoms with E-state index in [0.717, 1.165) is 18.1 Å². The zero-order valence-electron chi connectivity index (χ0n) is 14.3. The number of unbranched alkanes of at least 4 members (excludes halogenated alkanes) is 1. The molecule has 0 saturated carbocycles. The van der Waals surface area contributed by atoms with E-state index in [4.69, 9.17) is 4.74 Å². The topological polar surface area (TPSA) is 81.4 Å². The highest BCUT2D eigenvalue weighted by atomic mass is 33.1. The smallest absolute Gasteiger partial charge is 0.260 e. The van der Waals surface area contributed by atoms with Gasteiger partial charge in [0.15, 0.2) is 5.82 Å². The molecule has 25 heavy (non-hydrogen) atoms. The maximum atomic E-state index is 12.0. The number of nitrogens with one attached hydrogen (secondary N) is 1. The molecule has 0 bridgehead atoms. The van der Waals surface area contributed by atoms with Crippen LogP contribution in [0, 0.1) is 0 Å². The average molecular weight is 382 g/mol. The lowest BCUT2D eigenvalue weighted by atomic mass is 10.1. The Kier molecular flexibility index (Phi) is 6.80. The molecule has 1 atom stereocenters. The van der Waals surface area contributed by atoms with Crippen LogP contribution in [0.3, 0.4) is 0 Å². The number of aromatic nitrogens is 4. The summed E-state index contributed by atoms with van der Waals surface area (Å²) >= 11 is 0. The molecule has 1 fully saturated rings. The molecule has 3 heterocycles. The van der Waals surface area contributed by atoms with Crippen molar-refractivity contribution < 1.29 is 9.53 Å². The number of ether oxygens (including phenoxy) is 1. The van der Waals surface area contributed by atoms with E-state index >= 15 is 0 Å². The van der Waals surface area contributed by atoms with Crippen LogP contribution in [0.2, 0.25) is 0 Å². The monoisotopic (exact) mass is 381 g/mol. The number of rotatable bonds is 9. The second-order valence-corrected chi connectivity index (χ2v) is 8.61. The Morgan fingerprint density at radius 1 is 1.44 bits per heavy atom. The minimum absolute atomic E-state index is 0.0595. The van der Waals surface area contributed by atoms with Crippen LogP contribution in [0.4, 0.5) is 0 Å². The lowest BCUT2D eigenvalue weighted by molar-refractivity contribution is -0.121. The summed E-state index contributed by atoms with van der Waals surface area (Å²) in [5, 5.41) is 11.9. The van der Waals surface area contributed by atoms with E-state index in [1.807, 2.05) is 28.5 Å². The lowest BCUT2D eigenvalue weighted by Gasteiger charge is -2.07. The largest absolute Gasteiger partial charge is 0.475 e. The molecule has 2 aromatic heterocycles. The average Bonchev–Trinajstić information content (AvgIpc) is 3.27. The van der Waals surface area contributed by atoms with Crippen molar-refractivity contribution in [3.63, 3.8) is 0 Å². The Bertz CT molecular complexity index is 703. The third-order valence-corrected chi connectivity index (χ3v) is 7.00. The quantitative estimate of drug-likeness (QED) is 0.528. The first-order chi connectivity index (χ1) is 12.3. The Hall–Kier alpha value is -1.48. The number of amides is 1. The molecule has 0 aromatic carbocycles. The zero-order chi connectivity index (χ0) is 17.5. The third-order valence-electron chi connectivity index (χ3n) is 4.00. The number of carbonyl (C=O) groups is 1. The van der Waals surface area contributed by atoms with E-state index in [1.54, 1.807) is 16.8 Å². The van der Waals surface area contributed by atoms with Gasteiger partial charge >= 0.3 is 0 Å². The highest BCUT2D eigenvalue weighted by Crippen LogP contribution is 2.39. The molecule has 1 N–H and O–H groups in total. The molecule has 1 amide bonds. The molecule has 0 spiro atoms. The standard InChI is InChI=1S/C16H23N5O2S2/c1-2-23-16-15-20-19-13(21(15)9-8-17-16)11-18-14(22)6-4-3-5-12-7-10-24-25-12/h8-9,12H,2-7,10-11H2,1H3,(H,18,22). The lowest BCUT2D eigenvalue weighted by Crippen LogP contribution is -2.23. The maximum Gasteiger partial charge on any atom is 0.260 e. The van der Waals surface area contributed by atoms with Crippen molar-refractivity contribution in [3.05, 3.63) is 18.2 Å². The van der Waals surface area contributed by atoms with Gasteiger partial charge in [-0.05, 0) is 26.2 Å². The van der Waals surface area contributed by atoms with Gasteiger partial charge in [-0.3, -0.25) is 9.20 Å². The van der Waals surface area contributed by atoms with Gasteiger partial charge in [0.1, 0.15) is 0 Å². The van der Waals surface area contributed by atoms with Crippen LogP contribution in [-0.4, -0.2) is 43.1 Å². The fourth-order valence-electron chi connectivity index (χ4n) is 2.70. The van der Waals surface area contributed by atoms with Crippen LogP contribution in [0.15, 0.2) is 12.4 Å². The second-order valence-electron chi connectivity index (χ2n) is 5.83. The van der Waals surface area contributed by atoms with Crippen LogP contribution in [0.25, 0.3) is 5.65 Å². The molecule has 7 nitrogen and oxygen atoms in total. The molecule has 136 valence electrons. The van der Waals surface area contributed by atoms with E-state index < -0.39 is 0 Å². The van der Waals surface area contributed by atoms with Crippen molar-refractivity contribution in [1.29, 1.82) is 0 Å². The van der Waals surface area contributed by atoms with Gasteiger partial charge < -0.3 is 10.1 Å². The summed E-state index contributed by atoms with van der Waals surface area (Å²) in [7, 11) is 3.96. The predicted molar refractivity (Wildman–Crippen MR) is 101 cm³/mol. The normalized spacial score (nSPS) is 17.1. The molecule has 1 aliphatic rings. The Balaban J connectivity index is 1.44. The molecular formula is C16H23N5O2S2. The molecule has 1 aliphatic heterocycles. The molecule has 0 aliphatic carbocycles.